The van der Waals surface area contributed by atoms with Gasteiger partial charge in [-0.2, -0.15) is 0 Å². The van der Waals surface area contributed by atoms with Crippen molar-refractivity contribution >= 4 is 26.7 Å². The summed E-state index contributed by atoms with van der Waals surface area (Å²) in [6.45, 7) is 6.99. The molecule has 1 atom stereocenters. The van der Waals surface area contributed by atoms with E-state index < -0.39 is 0 Å². The minimum atomic E-state index is 0.366. The highest BCUT2D eigenvalue weighted by Crippen LogP contribution is 2.27. The Hall–Kier alpha value is -1.12. The van der Waals surface area contributed by atoms with Crippen LogP contribution in [0.3, 0.4) is 0 Å². The van der Waals surface area contributed by atoms with Gasteiger partial charge < -0.3 is 0 Å². The second kappa shape index (κ2) is 5.68. The predicted octanol–water partition coefficient (Wildman–Crippen LogP) is 4.74. The Kier molecular flexibility index (Phi) is 4.20. The average Bonchev–Trinajstić information content (AvgIpc) is 2.36. The van der Waals surface area contributed by atoms with Crippen LogP contribution in [0, 0.1) is 0 Å². The van der Waals surface area contributed by atoms with Gasteiger partial charge in [-0.3, -0.25) is 4.90 Å². The number of benzene rings is 2. The van der Waals surface area contributed by atoms with E-state index >= 15 is 0 Å². The molecule has 1 nitrogen and oxygen atoms in total. The van der Waals surface area contributed by atoms with Crippen molar-refractivity contribution in [1.82, 2.24) is 4.90 Å². The molecule has 0 heterocycles. The first-order chi connectivity index (χ1) is 8.59. The highest BCUT2D eigenvalue weighted by atomic mass is 79.9. The topological polar surface area (TPSA) is 3.24 Å². The van der Waals surface area contributed by atoms with Crippen LogP contribution in [-0.2, 0) is 0 Å². The lowest BCUT2D eigenvalue weighted by atomic mass is 9.99. The summed E-state index contributed by atoms with van der Waals surface area (Å²) in [5, 5.41) is 2.63. The van der Waals surface area contributed by atoms with Crippen LogP contribution < -0.4 is 0 Å². The lowest BCUT2D eigenvalue weighted by molar-refractivity contribution is 0.290. The summed E-state index contributed by atoms with van der Waals surface area (Å²) in [5.41, 5.74) is 1.37. The smallest absolute Gasteiger partial charge is 0.0326 e. The van der Waals surface area contributed by atoms with E-state index in [1.807, 2.05) is 0 Å². The normalized spacial score (nSPS) is 12.9. The van der Waals surface area contributed by atoms with Gasteiger partial charge in [0.25, 0.3) is 0 Å². The maximum Gasteiger partial charge on any atom is 0.0326 e. The molecule has 0 spiro atoms. The molecule has 0 unspecified atom stereocenters. The molecule has 0 aliphatic carbocycles. The molecule has 0 radical (unpaired) electrons. The highest BCUT2D eigenvalue weighted by molar-refractivity contribution is 9.11. The molecule has 0 aliphatic heterocycles. The minimum Gasteiger partial charge on any atom is -0.295 e. The zero-order valence-electron chi connectivity index (χ0n) is 10.9. The van der Waals surface area contributed by atoms with Crippen molar-refractivity contribution in [2.24, 2.45) is 0 Å². The van der Waals surface area contributed by atoms with Gasteiger partial charge in [0.15, 0.2) is 0 Å². The third-order valence-corrected chi connectivity index (χ3v) is 3.61. The van der Waals surface area contributed by atoms with Crippen molar-refractivity contribution in [2.45, 2.75) is 13.0 Å². The maximum absolute atomic E-state index is 3.91. The molecular formula is C16H18BrN. The molecule has 0 amide bonds. The van der Waals surface area contributed by atoms with E-state index in [2.05, 4.69) is 83.8 Å². The summed E-state index contributed by atoms with van der Waals surface area (Å²) in [4.78, 5) is 2.29. The van der Waals surface area contributed by atoms with Crippen LogP contribution in [-0.4, -0.2) is 18.5 Å². The van der Waals surface area contributed by atoms with Crippen LogP contribution in [0.4, 0.5) is 0 Å². The van der Waals surface area contributed by atoms with E-state index in [0.717, 1.165) is 11.0 Å². The van der Waals surface area contributed by atoms with Gasteiger partial charge in [0.05, 0.1) is 0 Å². The Morgan fingerprint density at radius 1 is 1.22 bits per heavy atom. The standard InChI is InChI=1S/C16H18BrN/c1-12(17)11-18(3)13(2)15-10-6-8-14-7-4-5-9-16(14)15/h4-10,13H,1,11H2,2-3H3/t13-/m1/s1. The SMILES string of the molecule is C=C(Br)CN(C)[C@H](C)c1cccc2ccccc12. The maximum atomic E-state index is 3.91. The Bertz CT molecular complexity index is 557. The number of likely N-dealkylation sites (N-methyl/N-ethyl adjacent to an activating group) is 1. The second-order valence-electron chi connectivity index (χ2n) is 4.68. The van der Waals surface area contributed by atoms with Crippen LogP contribution in [0.25, 0.3) is 10.8 Å². The molecule has 0 bridgehead atoms. The van der Waals surface area contributed by atoms with Gasteiger partial charge in [0.1, 0.15) is 0 Å². The summed E-state index contributed by atoms with van der Waals surface area (Å²) >= 11 is 3.43. The number of fused-ring (bicyclic) bond motifs is 1. The molecule has 0 aromatic heterocycles. The molecule has 2 heteroatoms. The van der Waals surface area contributed by atoms with E-state index in [4.69, 9.17) is 0 Å². The molecule has 2 aromatic rings. The van der Waals surface area contributed by atoms with E-state index in [1.165, 1.54) is 16.3 Å². The van der Waals surface area contributed by atoms with Gasteiger partial charge in [0.2, 0.25) is 0 Å². The van der Waals surface area contributed by atoms with E-state index in [-0.39, 0.29) is 0 Å². The van der Waals surface area contributed by atoms with Crippen molar-refractivity contribution in [3.8, 4) is 0 Å². The summed E-state index contributed by atoms with van der Waals surface area (Å²) in [7, 11) is 2.12. The van der Waals surface area contributed by atoms with Crippen molar-refractivity contribution in [3.05, 3.63) is 59.1 Å². The second-order valence-corrected chi connectivity index (χ2v) is 5.80. The van der Waals surface area contributed by atoms with Gasteiger partial charge in [-0.25, -0.2) is 0 Å². The first-order valence-electron chi connectivity index (χ1n) is 6.11. The van der Waals surface area contributed by atoms with Crippen molar-refractivity contribution in [2.75, 3.05) is 13.6 Å². The van der Waals surface area contributed by atoms with Crippen LogP contribution in [0.15, 0.2) is 53.5 Å². The fourth-order valence-corrected chi connectivity index (χ4v) is 2.66. The predicted molar refractivity (Wildman–Crippen MR) is 83.1 cm³/mol. The van der Waals surface area contributed by atoms with E-state index in [9.17, 15) is 0 Å². The van der Waals surface area contributed by atoms with Gasteiger partial charge in [-0.1, -0.05) is 65.0 Å². The van der Waals surface area contributed by atoms with Gasteiger partial charge in [-0.05, 0) is 30.3 Å². The average molecular weight is 304 g/mol. The Balaban J connectivity index is 2.38. The molecular weight excluding hydrogens is 286 g/mol. The summed E-state index contributed by atoms with van der Waals surface area (Å²) in [5.74, 6) is 0. The zero-order valence-corrected chi connectivity index (χ0v) is 12.4. The summed E-state index contributed by atoms with van der Waals surface area (Å²) in [6, 6.07) is 15.4. The van der Waals surface area contributed by atoms with Crippen LogP contribution in [0.2, 0.25) is 0 Å². The third kappa shape index (κ3) is 2.82. The van der Waals surface area contributed by atoms with Gasteiger partial charge in [0, 0.05) is 17.1 Å². The number of hydrogen-bond acceptors (Lipinski definition) is 1. The Morgan fingerprint density at radius 3 is 2.61 bits per heavy atom. The molecule has 94 valence electrons. The first kappa shape index (κ1) is 13.3. The molecule has 0 saturated heterocycles. The Labute approximate surface area is 117 Å². The van der Waals surface area contributed by atoms with Crippen LogP contribution in [0.1, 0.15) is 18.5 Å². The van der Waals surface area contributed by atoms with Gasteiger partial charge >= 0.3 is 0 Å². The van der Waals surface area contributed by atoms with Crippen molar-refractivity contribution in [1.29, 1.82) is 0 Å². The fraction of sp³-hybridized carbons (Fsp3) is 0.250. The van der Waals surface area contributed by atoms with E-state index in [1.54, 1.807) is 0 Å². The molecule has 0 fully saturated rings. The van der Waals surface area contributed by atoms with Crippen molar-refractivity contribution < 1.29 is 0 Å². The first-order valence-corrected chi connectivity index (χ1v) is 6.90. The van der Waals surface area contributed by atoms with Crippen LogP contribution >= 0.6 is 15.9 Å². The quantitative estimate of drug-likeness (QED) is 0.788. The third-order valence-electron chi connectivity index (χ3n) is 3.36. The number of rotatable bonds is 4. The fourth-order valence-electron chi connectivity index (χ4n) is 2.26. The summed E-state index contributed by atoms with van der Waals surface area (Å²) in [6.07, 6.45) is 0. The molecule has 2 rings (SSSR count). The number of hydrogen-bond donors (Lipinski definition) is 0. The largest absolute Gasteiger partial charge is 0.295 e. The monoisotopic (exact) mass is 303 g/mol. The molecule has 0 aliphatic rings. The number of nitrogens with zero attached hydrogens (tertiary/aromatic N) is 1. The minimum absolute atomic E-state index is 0.366. The lowest BCUT2D eigenvalue weighted by Gasteiger charge is -2.25. The summed E-state index contributed by atoms with van der Waals surface area (Å²) < 4.78 is 1.01. The van der Waals surface area contributed by atoms with E-state index in [0.29, 0.717) is 6.04 Å². The van der Waals surface area contributed by atoms with Gasteiger partial charge in [-0.15, -0.1) is 0 Å². The lowest BCUT2D eigenvalue weighted by Crippen LogP contribution is -2.23. The molecule has 0 N–H and O–H groups in total. The Morgan fingerprint density at radius 2 is 1.89 bits per heavy atom. The molecule has 18 heavy (non-hydrogen) atoms. The molecule has 0 saturated carbocycles. The van der Waals surface area contributed by atoms with Crippen LogP contribution in [0.5, 0.6) is 0 Å². The zero-order chi connectivity index (χ0) is 13.1. The van der Waals surface area contributed by atoms with Crippen molar-refractivity contribution in [3.63, 3.8) is 0 Å². The molecule has 2 aromatic carbocycles. The number of halogens is 1. The highest BCUT2D eigenvalue weighted by Gasteiger charge is 2.14.